The Labute approximate surface area is 371 Å². The molecule has 0 radical (unpaired) electrons. The summed E-state index contributed by atoms with van der Waals surface area (Å²) in [5.74, 6) is -0.399. The lowest BCUT2D eigenvalue weighted by atomic mass is 9.96. The van der Waals surface area contributed by atoms with Crippen molar-refractivity contribution >= 4 is 34.8 Å². The fourth-order valence-electron chi connectivity index (χ4n) is 9.06. The van der Waals surface area contributed by atoms with Crippen molar-refractivity contribution < 1.29 is 28.7 Å². The van der Waals surface area contributed by atoms with E-state index in [1.165, 1.54) is 14.2 Å². The number of aromatic nitrogens is 4. The van der Waals surface area contributed by atoms with Crippen molar-refractivity contribution in [2.75, 3.05) is 27.3 Å². The molecule has 5 aromatic rings. The van der Waals surface area contributed by atoms with Crippen LogP contribution in [-0.4, -0.2) is 93.1 Å². The van der Waals surface area contributed by atoms with Gasteiger partial charge in [-0.1, -0.05) is 89.4 Å². The molecule has 4 heterocycles. The number of fused-ring (bicyclic) bond motifs is 1. The Bertz CT molecular complexity index is 2710. The predicted octanol–water partition coefficient (Wildman–Crippen LogP) is 7.85. The number of nitriles is 1. The molecule has 330 valence electrons. The topological polar surface area (TPSA) is 198 Å². The number of nitrogens with zero attached hydrogens (tertiary/aromatic N) is 5. The van der Waals surface area contributed by atoms with Crippen molar-refractivity contribution in [3.63, 3.8) is 0 Å². The second-order valence-corrected chi connectivity index (χ2v) is 17.8. The average Bonchev–Trinajstić information content (AvgIpc) is 3.61. The lowest BCUT2D eigenvalue weighted by molar-refractivity contribution is -0.136. The number of hydrogen-bond donors (Lipinski definition) is 4. The average molecular weight is 864 g/mol. The minimum atomic E-state index is -0.866. The highest BCUT2D eigenvalue weighted by molar-refractivity contribution is 5.91. The number of carbonyl (C=O) groups is 4. The largest absolute Gasteiger partial charge is 0.453 e. The summed E-state index contributed by atoms with van der Waals surface area (Å²) in [6, 6.07) is 20.2. The molecule has 2 aliphatic heterocycles. The Morgan fingerprint density at radius 3 is 1.75 bits per heavy atom. The maximum atomic E-state index is 14.0. The summed E-state index contributed by atoms with van der Waals surface area (Å²) in [5, 5.41) is 17.3. The van der Waals surface area contributed by atoms with Crippen molar-refractivity contribution in [3.05, 3.63) is 109 Å². The zero-order valence-electron chi connectivity index (χ0n) is 36.9. The highest BCUT2D eigenvalue weighted by Crippen LogP contribution is 2.61. The summed E-state index contributed by atoms with van der Waals surface area (Å²) < 4.78 is 9.58. The molecule has 0 bridgehead atoms. The van der Waals surface area contributed by atoms with Gasteiger partial charge in [-0.3, -0.25) is 9.59 Å². The van der Waals surface area contributed by atoms with E-state index in [-0.39, 0.29) is 35.6 Å². The Balaban J connectivity index is 0.984. The van der Waals surface area contributed by atoms with Crippen molar-refractivity contribution in [1.29, 1.82) is 5.26 Å². The van der Waals surface area contributed by atoms with E-state index in [0.717, 1.165) is 62.8 Å². The van der Waals surface area contributed by atoms with Gasteiger partial charge in [-0.05, 0) is 75.4 Å². The molecule has 4 amide bonds. The summed E-state index contributed by atoms with van der Waals surface area (Å²) in [4.78, 5) is 71.8. The number of alkyl carbamates (subject to hydrolysis) is 2. The third-order valence-corrected chi connectivity index (χ3v) is 13.0. The SMILES string of the molecule is C=C1C(C#N)CN(C(=O)C(NC(=O)OC)C(C)C)C1c1ncc(-c2ccc3cc(-c4ccc(-c5cnc(C6C(=C)C7(CC7)CN6C(=O)C(NC(=O)OC)C(C)C)[nH]5)cc4)ccc3c2)[nH]1. The molecule has 3 fully saturated rings. The molecule has 1 saturated carbocycles. The monoisotopic (exact) mass is 863 g/mol. The Hall–Kier alpha value is -7.21. The van der Waals surface area contributed by atoms with Gasteiger partial charge in [0.25, 0.3) is 0 Å². The number of hydrogen-bond acceptors (Lipinski definition) is 9. The van der Waals surface area contributed by atoms with E-state index >= 15 is 0 Å². The first-order valence-corrected chi connectivity index (χ1v) is 21.5. The van der Waals surface area contributed by atoms with Crippen LogP contribution in [0.25, 0.3) is 44.4 Å². The molecule has 4 N–H and O–H groups in total. The minimum Gasteiger partial charge on any atom is -0.453 e. The van der Waals surface area contributed by atoms with Crippen LogP contribution in [0.5, 0.6) is 0 Å². The number of methoxy groups -OCH3 is 2. The quantitative estimate of drug-likeness (QED) is 0.0956. The van der Waals surface area contributed by atoms with E-state index in [9.17, 15) is 24.4 Å². The minimum absolute atomic E-state index is 0.128. The number of H-pyrrole nitrogens is 2. The maximum Gasteiger partial charge on any atom is 0.407 e. The first-order valence-electron chi connectivity index (χ1n) is 21.5. The van der Waals surface area contributed by atoms with Gasteiger partial charge < -0.3 is 39.9 Å². The van der Waals surface area contributed by atoms with Crippen molar-refractivity contribution in [2.45, 2.75) is 64.7 Å². The molecule has 15 nitrogen and oxygen atoms in total. The molecule has 1 aliphatic carbocycles. The second-order valence-electron chi connectivity index (χ2n) is 17.8. The summed E-state index contributed by atoms with van der Waals surface area (Å²) >= 11 is 0. The van der Waals surface area contributed by atoms with Gasteiger partial charge in [0.15, 0.2) is 0 Å². The van der Waals surface area contributed by atoms with Gasteiger partial charge >= 0.3 is 12.2 Å². The highest BCUT2D eigenvalue weighted by atomic mass is 16.5. The van der Waals surface area contributed by atoms with Crippen LogP contribution in [0.15, 0.2) is 97.4 Å². The molecule has 3 aromatic carbocycles. The van der Waals surface area contributed by atoms with Crippen molar-refractivity contribution in [1.82, 2.24) is 40.4 Å². The zero-order chi connectivity index (χ0) is 45.6. The first-order chi connectivity index (χ1) is 30.7. The molecule has 2 saturated heterocycles. The van der Waals surface area contributed by atoms with Crippen molar-refractivity contribution in [2.24, 2.45) is 23.2 Å². The molecular weight excluding hydrogens is 811 g/mol. The molecule has 5 atom stereocenters. The molecule has 5 unspecified atom stereocenters. The van der Waals surface area contributed by atoms with Gasteiger partial charge in [0, 0.05) is 24.1 Å². The standard InChI is InChI=1S/C49H53N9O6/c1-26(2)39(55-47(61)63-7)45(59)57-24-36(21-50)28(5)41(57)43-51-23-38(54-43)35-16-15-33-19-32(13-14-34(33)20-35)30-9-11-31(12-10-30)37-22-52-44(53-37)42-29(6)49(17-18-49)25-58(42)46(60)40(27(3)4)56-48(62)64-8/h9-16,19-20,22-23,26-27,36,39-42H,5-6,17-18,24-25H2,1-4,7-8H3,(H,51,54)(H,52,53)(H,55,61)(H,56,62). The molecule has 64 heavy (non-hydrogen) atoms. The van der Waals surface area contributed by atoms with Crippen LogP contribution in [0.3, 0.4) is 0 Å². The third-order valence-electron chi connectivity index (χ3n) is 13.0. The summed E-state index contributed by atoms with van der Waals surface area (Å²) in [6.45, 7) is 16.8. The lowest BCUT2D eigenvalue weighted by Gasteiger charge is -2.30. The van der Waals surface area contributed by atoms with Crippen molar-refractivity contribution in [3.8, 4) is 39.7 Å². The number of aromatic amines is 2. The summed E-state index contributed by atoms with van der Waals surface area (Å²) in [7, 11) is 2.53. The smallest absolute Gasteiger partial charge is 0.407 e. The Kier molecular flexibility index (Phi) is 11.6. The fraction of sp³-hybridized carbons (Fsp3) is 0.367. The molecular formula is C49H53N9O6. The van der Waals surface area contributed by atoms with E-state index in [0.29, 0.717) is 23.8 Å². The van der Waals surface area contributed by atoms with Crippen LogP contribution in [0, 0.1) is 34.5 Å². The van der Waals surface area contributed by atoms with E-state index in [1.807, 2.05) is 50.8 Å². The van der Waals surface area contributed by atoms with Gasteiger partial charge in [0.05, 0.1) is 50.0 Å². The molecule has 15 heteroatoms. The normalized spacial score (nSPS) is 19.8. The number of benzene rings is 3. The highest BCUT2D eigenvalue weighted by Gasteiger charge is 2.58. The molecule has 2 aromatic heterocycles. The van der Waals surface area contributed by atoms with Gasteiger partial charge in [-0.2, -0.15) is 5.26 Å². The second kappa shape index (κ2) is 17.2. The van der Waals surface area contributed by atoms with Gasteiger partial charge in [-0.15, -0.1) is 0 Å². The van der Waals surface area contributed by atoms with Crippen LogP contribution < -0.4 is 10.6 Å². The van der Waals surface area contributed by atoms with Gasteiger partial charge in [0.2, 0.25) is 11.8 Å². The number of rotatable bonds is 11. The van der Waals surface area contributed by atoms with Crippen LogP contribution >= 0.6 is 0 Å². The third kappa shape index (κ3) is 8.00. The van der Waals surface area contributed by atoms with Gasteiger partial charge in [0.1, 0.15) is 35.8 Å². The van der Waals surface area contributed by atoms with E-state index < -0.39 is 42.3 Å². The Morgan fingerprint density at radius 1 is 0.734 bits per heavy atom. The zero-order valence-corrected chi connectivity index (χ0v) is 36.9. The fourth-order valence-corrected chi connectivity index (χ4v) is 9.06. The number of likely N-dealkylation sites (tertiary alicyclic amines) is 2. The first kappa shape index (κ1) is 43.4. The number of imidazole rings is 2. The van der Waals surface area contributed by atoms with Crippen LogP contribution in [0.4, 0.5) is 9.59 Å². The summed E-state index contributed by atoms with van der Waals surface area (Å²) in [6.07, 6.45) is 4.07. The number of ether oxygens (including phenoxy) is 2. The van der Waals surface area contributed by atoms with E-state index in [4.69, 9.17) is 14.5 Å². The summed E-state index contributed by atoms with van der Waals surface area (Å²) in [5.41, 5.74) is 6.87. The molecule has 8 rings (SSSR count). The molecule has 1 spiro atoms. The van der Waals surface area contributed by atoms with Gasteiger partial charge in [-0.25, -0.2) is 19.6 Å². The van der Waals surface area contributed by atoms with Crippen LogP contribution in [-0.2, 0) is 19.1 Å². The lowest BCUT2D eigenvalue weighted by Crippen LogP contribution is -2.51. The predicted molar refractivity (Wildman–Crippen MR) is 241 cm³/mol. The van der Waals surface area contributed by atoms with Crippen LogP contribution in [0.1, 0.15) is 64.3 Å². The number of amides is 4. The Morgan fingerprint density at radius 2 is 1.22 bits per heavy atom. The van der Waals surface area contributed by atoms with E-state index in [1.54, 1.807) is 17.3 Å². The maximum absolute atomic E-state index is 14.0. The number of carbonyl (C=O) groups excluding carboxylic acids is 4. The van der Waals surface area contributed by atoms with E-state index in [2.05, 4.69) is 87.3 Å². The molecule has 3 aliphatic rings. The van der Waals surface area contributed by atoms with Crippen LogP contribution in [0.2, 0.25) is 0 Å². The number of nitrogens with one attached hydrogen (secondary N) is 4.